The van der Waals surface area contributed by atoms with Gasteiger partial charge in [-0.15, -0.1) is 0 Å². The summed E-state index contributed by atoms with van der Waals surface area (Å²) in [6.07, 6.45) is 3.50. The Balaban J connectivity index is 1.86. The normalized spacial score (nSPS) is 10.9. The number of anilines is 2. The van der Waals surface area contributed by atoms with E-state index in [4.69, 9.17) is 4.98 Å². The van der Waals surface area contributed by atoms with Crippen LogP contribution in [0.5, 0.6) is 0 Å². The lowest BCUT2D eigenvalue weighted by molar-refractivity contribution is 1.05. The average molecular weight is 404 g/mol. The maximum Gasteiger partial charge on any atom is 0.193 e. The zero-order valence-corrected chi connectivity index (χ0v) is 17.0. The van der Waals surface area contributed by atoms with Crippen LogP contribution in [0.1, 0.15) is 5.69 Å². The van der Waals surface area contributed by atoms with Crippen molar-refractivity contribution >= 4 is 22.5 Å². The van der Waals surface area contributed by atoms with Gasteiger partial charge in [0.25, 0.3) is 0 Å². The lowest BCUT2D eigenvalue weighted by atomic mass is 10.0. The second-order valence-corrected chi connectivity index (χ2v) is 7.31. The Morgan fingerprint density at radius 2 is 1.61 bits per heavy atom. The molecular weight excluding hydrogens is 384 g/mol. The second kappa shape index (κ2) is 7.88. The van der Waals surface area contributed by atoms with E-state index >= 15 is 0 Å². The van der Waals surface area contributed by atoms with Crippen LogP contribution in [0.4, 0.5) is 11.5 Å². The fourth-order valence-corrected chi connectivity index (χ4v) is 3.79. The number of hydrogen-bond donors (Lipinski definition) is 1. The monoisotopic (exact) mass is 404 g/mol. The van der Waals surface area contributed by atoms with Crippen LogP contribution in [-0.4, -0.2) is 14.5 Å². The third kappa shape index (κ3) is 3.57. The van der Waals surface area contributed by atoms with Crippen molar-refractivity contribution < 1.29 is 0 Å². The highest BCUT2D eigenvalue weighted by Crippen LogP contribution is 2.30. The first-order chi connectivity index (χ1) is 15.2. The molecule has 150 valence electrons. The predicted molar refractivity (Wildman–Crippen MR) is 125 cm³/mol. The van der Waals surface area contributed by atoms with Gasteiger partial charge in [0.2, 0.25) is 0 Å². The Bertz CT molecular complexity index is 1410. The molecule has 2 aromatic carbocycles. The number of aromatic nitrogens is 3. The number of para-hydroxylation sites is 2. The van der Waals surface area contributed by atoms with E-state index in [-0.39, 0.29) is 5.43 Å². The first-order valence-corrected chi connectivity index (χ1v) is 10.1. The molecule has 0 fully saturated rings. The quantitative estimate of drug-likeness (QED) is 0.430. The minimum atomic E-state index is -0.0908. The zero-order chi connectivity index (χ0) is 21.2. The molecule has 0 aliphatic carbocycles. The van der Waals surface area contributed by atoms with E-state index < -0.39 is 0 Å². The number of rotatable bonds is 4. The molecule has 5 nitrogen and oxygen atoms in total. The molecule has 31 heavy (non-hydrogen) atoms. The van der Waals surface area contributed by atoms with Crippen molar-refractivity contribution in [3.05, 3.63) is 113 Å². The van der Waals surface area contributed by atoms with E-state index in [2.05, 4.69) is 10.3 Å². The van der Waals surface area contributed by atoms with Gasteiger partial charge in [0.1, 0.15) is 5.82 Å². The zero-order valence-electron chi connectivity index (χ0n) is 17.0. The van der Waals surface area contributed by atoms with Crippen LogP contribution < -0.4 is 10.7 Å². The fraction of sp³-hybridized carbons (Fsp3) is 0.0385. The molecule has 0 amide bonds. The summed E-state index contributed by atoms with van der Waals surface area (Å²) in [5.74, 6) is 0.658. The van der Waals surface area contributed by atoms with Crippen molar-refractivity contribution in [1.29, 1.82) is 0 Å². The minimum absolute atomic E-state index is 0.0908. The molecule has 0 bridgehead atoms. The highest BCUT2D eigenvalue weighted by molar-refractivity contribution is 5.94. The third-order valence-electron chi connectivity index (χ3n) is 5.13. The van der Waals surface area contributed by atoms with Gasteiger partial charge in [0.05, 0.1) is 5.39 Å². The summed E-state index contributed by atoms with van der Waals surface area (Å²) >= 11 is 0. The van der Waals surface area contributed by atoms with Crippen molar-refractivity contribution in [3.63, 3.8) is 0 Å². The molecule has 5 rings (SSSR count). The van der Waals surface area contributed by atoms with Crippen LogP contribution in [0.3, 0.4) is 0 Å². The van der Waals surface area contributed by atoms with Crippen LogP contribution in [0.2, 0.25) is 0 Å². The molecule has 0 aliphatic rings. The lowest BCUT2D eigenvalue weighted by Crippen LogP contribution is -2.15. The summed E-state index contributed by atoms with van der Waals surface area (Å²) in [5.41, 5.74) is 4.87. The number of benzene rings is 2. The van der Waals surface area contributed by atoms with Gasteiger partial charge in [-0.05, 0) is 48.9 Å². The van der Waals surface area contributed by atoms with Gasteiger partial charge in [-0.25, -0.2) is 4.98 Å². The van der Waals surface area contributed by atoms with Gasteiger partial charge in [-0.3, -0.25) is 14.3 Å². The molecule has 5 aromatic rings. The first-order valence-electron chi connectivity index (χ1n) is 10.1. The van der Waals surface area contributed by atoms with Gasteiger partial charge in [-0.1, -0.05) is 42.5 Å². The van der Waals surface area contributed by atoms with E-state index in [1.165, 1.54) is 0 Å². The number of fused-ring (bicyclic) bond motifs is 1. The summed E-state index contributed by atoms with van der Waals surface area (Å²) in [6.45, 7) is 1.94. The van der Waals surface area contributed by atoms with Crippen LogP contribution in [0, 0.1) is 6.92 Å². The number of pyridine rings is 3. The smallest absolute Gasteiger partial charge is 0.193 e. The molecule has 0 saturated heterocycles. The summed E-state index contributed by atoms with van der Waals surface area (Å²) in [6, 6.07) is 27.2. The Hall–Kier alpha value is -4.25. The highest BCUT2D eigenvalue weighted by atomic mass is 16.1. The Morgan fingerprint density at radius 3 is 2.32 bits per heavy atom. The van der Waals surface area contributed by atoms with Gasteiger partial charge in [0.15, 0.2) is 11.1 Å². The topological polar surface area (TPSA) is 59.8 Å². The van der Waals surface area contributed by atoms with Crippen LogP contribution >= 0.6 is 0 Å². The van der Waals surface area contributed by atoms with Gasteiger partial charge < -0.3 is 5.32 Å². The number of nitrogens with one attached hydrogen (secondary N) is 1. The lowest BCUT2D eigenvalue weighted by Gasteiger charge is -2.19. The van der Waals surface area contributed by atoms with E-state index in [9.17, 15) is 4.79 Å². The van der Waals surface area contributed by atoms with Crippen LogP contribution in [0.15, 0.2) is 102 Å². The molecule has 0 spiro atoms. The molecular formula is C26H20N4O. The highest BCUT2D eigenvalue weighted by Gasteiger charge is 2.17. The second-order valence-electron chi connectivity index (χ2n) is 7.31. The number of hydrogen-bond acceptors (Lipinski definition) is 4. The van der Waals surface area contributed by atoms with Crippen molar-refractivity contribution in [3.8, 4) is 16.8 Å². The average Bonchev–Trinajstić information content (AvgIpc) is 2.80. The van der Waals surface area contributed by atoms with E-state index in [1.807, 2.05) is 90.4 Å². The fourth-order valence-electron chi connectivity index (χ4n) is 3.79. The minimum Gasteiger partial charge on any atom is -0.341 e. The molecule has 0 unspecified atom stereocenters. The van der Waals surface area contributed by atoms with Gasteiger partial charge in [-0.2, -0.15) is 0 Å². The van der Waals surface area contributed by atoms with Crippen molar-refractivity contribution in [2.24, 2.45) is 0 Å². The van der Waals surface area contributed by atoms with E-state index in [0.29, 0.717) is 16.9 Å². The maximum absolute atomic E-state index is 13.4. The molecule has 0 atom stereocenters. The largest absolute Gasteiger partial charge is 0.341 e. The maximum atomic E-state index is 13.4. The first kappa shape index (κ1) is 18.8. The molecule has 3 aromatic heterocycles. The summed E-state index contributed by atoms with van der Waals surface area (Å²) in [7, 11) is 0. The van der Waals surface area contributed by atoms with E-state index in [1.54, 1.807) is 18.5 Å². The summed E-state index contributed by atoms with van der Waals surface area (Å²) in [5, 5.41) is 3.96. The molecule has 0 saturated carbocycles. The van der Waals surface area contributed by atoms with Crippen molar-refractivity contribution in [1.82, 2.24) is 14.5 Å². The third-order valence-corrected chi connectivity index (χ3v) is 5.13. The van der Waals surface area contributed by atoms with Gasteiger partial charge in [0, 0.05) is 41.1 Å². The van der Waals surface area contributed by atoms with E-state index in [0.717, 1.165) is 28.2 Å². The molecule has 1 N–H and O–H groups in total. The SMILES string of the molecule is Cc1cc(-c2cccnc2)c2c(=O)cc(Nc3ccccc3)n(-c3ccccc3)c2n1. The summed E-state index contributed by atoms with van der Waals surface area (Å²) < 4.78 is 2.00. The number of nitrogens with zero attached hydrogens (tertiary/aromatic N) is 3. The predicted octanol–water partition coefficient (Wildman–Crippen LogP) is 5.50. The molecule has 5 heteroatoms. The molecule has 0 radical (unpaired) electrons. The molecule has 0 aliphatic heterocycles. The Morgan fingerprint density at radius 1 is 0.871 bits per heavy atom. The Kier molecular flexibility index (Phi) is 4.77. The van der Waals surface area contributed by atoms with Crippen molar-refractivity contribution in [2.45, 2.75) is 6.92 Å². The standard InChI is InChI=1S/C26H20N4O/c1-18-15-22(19-9-8-14-27-17-19)25-23(31)16-24(29-20-10-4-2-5-11-20)30(26(25)28-18)21-12-6-3-7-13-21/h2-17,29H,1H3. The molecule has 3 heterocycles. The van der Waals surface area contributed by atoms with Crippen molar-refractivity contribution in [2.75, 3.05) is 5.32 Å². The van der Waals surface area contributed by atoms with Crippen LogP contribution in [0.25, 0.3) is 27.8 Å². The van der Waals surface area contributed by atoms with Gasteiger partial charge >= 0.3 is 0 Å². The summed E-state index contributed by atoms with van der Waals surface area (Å²) in [4.78, 5) is 22.4. The Labute approximate surface area is 179 Å². The number of aryl methyl sites for hydroxylation is 1. The van der Waals surface area contributed by atoms with Crippen LogP contribution in [-0.2, 0) is 0 Å².